The molecule has 0 saturated carbocycles. The van der Waals surface area contributed by atoms with Gasteiger partial charge in [0.1, 0.15) is 13.1 Å². The maximum Gasteiger partial charge on any atom is 0.419 e. The zero-order valence-electron chi connectivity index (χ0n) is 86.5. The van der Waals surface area contributed by atoms with E-state index in [1.807, 2.05) is 150 Å². The van der Waals surface area contributed by atoms with Gasteiger partial charge < -0.3 is 29.1 Å². The van der Waals surface area contributed by atoms with Crippen molar-refractivity contribution in [1.29, 1.82) is 5.26 Å². The maximum absolute atomic E-state index is 13.1. The van der Waals surface area contributed by atoms with Crippen LogP contribution in [0, 0.1) is 118 Å². The summed E-state index contributed by atoms with van der Waals surface area (Å²) in [5, 5.41) is 20.1. The summed E-state index contributed by atoms with van der Waals surface area (Å²) in [4.78, 5) is 90.8. The number of hydrogen-bond donors (Lipinski definition) is 0. The van der Waals surface area contributed by atoms with Crippen LogP contribution in [-0.4, -0.2) is 97.7 Å². The molecular weight excluding hydrogens is 2010 g/mol. The maximum atomic E-state index is 13.1. The molecule has 0 fully saturated rings. The van der Waals surface area contributed by atoms with Gasteiger partial charge in [-0.2, -0.15) is 18.4 Å². The Balaban J connectivity index is 0.000000129. The number of amides is 4. The predicted molar refractivity (Wildman–Crippen MR) is 609 cm³/mol. The Morgan fingerprint density at radius 2 is 0.568 bits per heavy atom. The monoisotopic (exact) mass is 2130 g/mol. The summed E-state index contributed by atoms with van der Waals surface area (Å²) in [5.74, 6) is 0.637. The van der Waals surface area contributed by atoms with Gasteiger partial charge in [0.25, 0.3) is 11.9 Å². The molecule has 29 heteroatoms. The molecule has 0 spiro atoms. The number of benzene rings is 14. The van der Waals surface area contributed by atoms with Crippen LogP contribution in [0.2, 0.25) is 0 Å². The fourth-order valence-corrected chi connectivity index (χ4v) is 27.1. The summed E-state index contributed by atoms with van der Waals surface area (Å²) in [5.41, 5.74) is 30.0. The number of nitro groups is 1. The van der Waals surface area contributed by atoms with Gasteiger partial charge in [0.05, 0.1) is 105 Å². The van der Waals surface area contributed by atoms with Crippen molar-refractivity contribution in [2.75, 3.05) is 92.7 Å². The number of alkyl halides is 3. The van der Waals surface area contributed by atoms with Crippen molar-refractivity contribution in [3.8, 4) is 6.07 Å². The van der Waals surface area contributed by atoms with E-state index in [1.165, 1.54) is 115 Å². The summed E-state index contributed by atoms with van der Waals surface area (Å²) in [6.45, 7) is 40.6. The van der Waals surface area contributed by atoms with Crippen molar-refractivity contribution in [3.63, 3.8) is 0 Å². The molecule has 14 aromatic carbocycles. The first kappa shape index (κ1) is 109. The summed E-state index contributed by atoms with van der Waals surface area (Å²) in [6, 6.07) is 88.6. The van der Waals surface area contributed by atoms with Crippen LogP contribution in [0.25, 0.3) is 0 Å². The number of esters is 1. The van der Waals surface area contributed by atoms with Crippen molar-refractivity contribution in [2.24, 2.45) is 0 Å². The zero-order chi connectivity index (χ0) is 106. The summed E-state index contributed by atoms with van der Waals surface area (Å²) in [7, 11) is 0. The fraction of sp³-hybridized carbons (Fsp3) is 0.252. The van der Waals surface area contributed by atoms with Crippen LogP contribution in [0.1, 0.15) is 119 Å². The molecule has 0 radical (unpaired) electrons. The quantitative estimate of drug-likeness (QED) is 0.0487. The molecule has 0 unspecified atom stereocenters. The van der Waals surface area contributed by atoms with E-state index in [1.54, 1.807) is 92.5 Å². The minimum atomic E-state index is -4.24. The van der Waals surface area contributed by atoms with E-state index in [-0.39, 0.29) is 34.9 Å². The minimum Gasteiger partial charge on any atom is -0.466 e. The third-order valence-corrected chi connectivity index (χ3v) is 33.1. The Morgan fingerprint density at radius 3 is 0.804 bits per heavy atom. The normalized spacial score (nSPS) is 12.8. The highest BCUT2D eigenvalue weighted by Crippen LogP contribution is 2.57. The van der Waals surface area contributed by atoms with Gasteiger partial charge in [-0.15, -0.1) is 0 Å². The first-order valence-electron chi connectivity index (χ1n) is 49.0. The molecule has 0 aromatic heterocycles. The largest absolute Gasteiger partial charge is 0.466 e. The Labute approximate surface area is 900 Å². The van der Waals surface area contributed by atoms with Gasteiger partial charge >= 0.3 is 24.3 Å². The van der Waals surface area contributed by atoms with Crippen LogP contribution in [0.5, 0.6) is 0 Å². The van der Waals surface area contributed by atoms with Gasteiger partial charge in [-0.25, -0.2) is 14.5 Å². The Hall–Kier alpha value is -12.8. The highest BCUT2D eigenvalue weighted by atomic mass is 32.2. The third-order valence-electron chi connectivity index (χ3n) is 24.7. The van der Waals surface area contributed by atoms with Gasteiger partial charge in [0.2, 0.25) is 0 Å². The van der Waals surface area contributed by atoms with Gasteiger partial charge in [0.15, 0.2) is 0 Å². The molecule has 14 aromatic rings. The van der Waals surface area contributed by atoms with Crippen LogP contribution < -0.4 is 34.3 Å². The lowest BCUT2D eigenvalue weighted by atomic mass is 10.1. The van der Waals surface area contributed by atoms with Gasteiger partial charge in [-0.3, -0.25) is 34.4 Å². The van der Waals surface area contributed by atoms with Crippen molar-refractivity contribution in [3.05, 3.63) is 343 Å². The SMILES string of the molecule is CCN(CC)C(=O)N1c2ccc(C)cc2Sc2cc(C)ccc21.CCOC(=O)CCN1c2ccc(C)cc2Sc2cc(C)ccc21.CCOC(=O)N1c2ccc(C)cc2Sc2cc(C)ccc21.CCSC(=O)N1c2ccc(C)cc2Sc2cc(C)ccc21.Cc1ccc2c(c1)Sc1cc(C)ccc1N2CC#N.Cc1ccc2c(c1)Sc1cc(C)ccc1N2CC(F)(F)F.Cc1ccc2c(c1)Sc1cc(C)ccc1N2C[N+](=O)[O-]. The van der Waals surface area contributed by atoms with E-state index >= 15 is 0 Å². The number of urea groups is 1. The first-order chi connectivity index (χ1) is 70.9. The molecule has 0 atom stereocenters. The second-order valence-electron chi connectivity index (χ2n) is 36.7. The van der Waals surface area contributed by atoms with Gasteiger partial charge in [0, 0.05) is 93.1 Å². The number of carbonyl (C=O) groups is 4. The average molecular weight is 2130 g/mol. The van der Waals surface area contributed by atoms with E-state index in [2.05, 4.69) is 255 Å². The van der Waals surface area contributed by atoms with Crippen molar-refractivity contribution < 1.29 is 46.7 Å². The highest BCUT2D eigenvalue weighted by molar-refractivity contribution is 8.14. The number of anilines is 14. The van der Waals surface area contributed by atoms with Crippen LogP contribution in [0.3, 0.4) is 0 Å². The van der Waals surface area contributed by atoms with E-state index in [0.29, 0.717) is 57.2 Å². The first-order valence-corrected chi connectivity index (χ1v) is 55.7. The molecule has 7 aliphatic heterocycles. The Kier molecular flexibility index (Phi) is 36.0. The average Bonchev–Trinajstić information content (AvgIpc) is 0.757. The summed E-state index contributed by atoms with van der Waals surface area (Å²) < 4.78 is 49.1. The van der Waals surface area contributed by atoms with Crippen LogP contribution in [0.4, 0.5) is 107 Å². The van der Waals surface area contributed by atoms with Crippen molar-refractivity contribution >= 4 is 197 Å². The number of aryl methyl sites for hydroxylation is 14. The number of carbonyl (C=O) groups excluding carboxylic acids is 4. The van der Waals surface area contributed by atoms with Gasteiger partial charge in [-0.1, -0.05) is 186 Å². The molecule has 4 amide bonds. The van der Waals surface area contributed by atoms with Crippen LogP contribution >= 0.6 is 94.1 Å². The van der Waals surface area contributed by atoms with Crippen LogP contribution in [0.15, 0.2) is 323 Å². The highest BCUT2D eigenvalue weighted by Gasteiger charge is 2.39. The number of halogens is 3. The molecule has 7 heterocycles. The number of thioether (sulfide) groups is 1. The summed E-state index contributed by atoms with van der Waals surface area (Å²) in [6.07, 6.45) is -4.18. The Morgan fingerprint density at radius 1 is 0.338 bits per heavy atom. The topological polar surface area (TPSA) is 180 Å². The molecular formula is C119H119F3N10O8S8. The van der Waals surface area contributed by atoms with Crippen molar-refractivity contribution in [1.82, 2.24) is 4.90 Å². The van der Waals surface area contributed by atoms with Crippen molar-refractivity contribution in [2.45, 2.75) is 213 Å². The minimum absolute atomic E-state index is 0.0468. The standard InChI is InChI=1S/C19H22N2OS.C19H21NO2S.C17H17NO2S.C17H17NOS2.C16H14F3NS.C16H14N2S.C15H14N2O2S/c1-5-20(6-2)19(22)21-15-9-7-13(3)11-17(15)23-18-12-14(4)8-10-16(18)21;1-4-22-19(21)9-10-20-15-7-5-13(2)11-17(15)23-18-12-14(3)6-8-16(18)20;2*1-4-20-17(19)18-13-7-5-11(2)9-15(13)21-16-10-12(3)6-8-14(16)18;1-10-3-5-12-14(7-10)21-15-8-11(2)4-6-13(15)20(12)9-16(17,18)19;1-11-3-5-13-15(9-11)19-16-10-12(2)4-6-14(16)18(13)8-7-17;1-10-3-5-12-14(7-10)20-15-8-11(2)4-6-13(15)16(12)9-17(18)19/h7-12H,5-6H2,1-4H3;5-8,11-12H,4,9-10H2,1-3H3;2*5-10H,4H2,1-3H3;3-8H,9H2,1-2H3;3-6,9-10H,8H2,1-2H3;3-8H,9H2,1-2H3. The molecule has 0 saturated heterocycles. The molecule has 7 aliphatic rings. The molecule has 0 aliphatic carbocycles. The molecule has 0 N–H and O–H groups in total. The number of ether oxygens (including phenoxy) is 2. The molecule has 762 valence electrons. The Bertz CT molecular complexity index is 6960. The summed E-state index contributed by atoms with van der Waals surface area (Å²) >= 11 is 13.3. The molecule has 18 nitrogen and oxygen atoms in total. The van der Waals surface area contributed by atoms with E-state index in [9.17, 15) is 42.5 Å². The lowest BCUT2D eigenvalue weighted by Gasteiger charge is -2.35. The number of nitrogens with zero attached hydrogens (tertiary/aromatic N) is 10. The van der Waals surface area contributed by atoms with E-state index in [4.69, 9.17) is 14.7 Å². The van der Waals surface area contributed by atoms with E-state index in [0.717, 1.165) is 134 Å². The molecule has 21 rings (SSSR count). The number of hydrogen-bond acceptors (Lipinski definition) is 21. The van der Waals surface area contributed by atoms with Crippen LogP contribution in [-0.2, 0) is 14.3 Å². The second-order valence-corrected chi connectivity index (χ2v) is 45.5. The van der Waals surface area contributed by atoms with Gasteiger partial charge in [-0.05, 0) is 378 Å². The molecule has 148 heavy (non-hydrogen) atoms. The third kappa shape index (κ3) is 26.0. The number of rotatable bonds is 12. The zero-order valence-corrected chi connectivity index (χ0v) is 93.0. The number of nitriles is 1. The lowest BCUT2D eigenvalue weighted by molar-refractivity contribution is -0.477. The fourth-order valence-electron chi connectivity index (χ4n) is 17.6. The predicted octanol–water partition coefficient (Wildman–Crippen LogP) is 35.1. The van der Waals surface area contributed by atoms with E-state index < -0.39 is 12.7 Å². The lowest BCUT2D eigenvalue weighted by Crippen LogP contribution is -2.41. The number of fused-ring (bicyclic) bond motifs is 14. The smallest absolute Gasteiger partial charge is 0.419 e. The molecule has 0 bridgehead atoms. The second kappa shape index (κ2) is 48.7.